The largest absolute Gasteiger partial charge is 0.299 e. The second-order valence-electron chi connectivity index (χ2n) is 3.72. The van der Waals surface area contributed by atoms with E-state index in [9.17, 15) is 4.79 Å². The molecular weight excluding hydrogens is 254 g/mol. The molecule has 0 atom stereocenters. The number of aromatic nitrogens is 1. The third kappa shape index (κ3) is 1.68. The van der Waals surface area contributed by atoms with Crippen LogP contribution in [0.25, 0.3) is 16.6 Å². The molecule has 0 saturated carbocycles. The lowest BCUT2D eigenvalue weighted by Crippen LogP contribution is -1.91. The minimum Gasteiger partial charge on any atom is -0.299 e. The molecule has 0 aliphatic carbocycles. The van der Waals surface area contributed by atoms with Crippen molar-refractivity contribution in [3.63, 3.8) is 0 Å². The summed E-state index contributed by atoms with van der Waals surface area (Å²) in [5.41, 5.74) is 2.64. The summed E-state index contributed by atoms with van der Waals surface area (Å²) < 4.78 is 1.94. The Bertz CT molecular complexity index is 685. The monoisotopic (exact) mass is 261 g/mol. The normalized spacial score (nSPS) is 10.9. The summed E-state index contributed by atoms with van der Waals surface area (Å²) in [6, 6.07) is 9.47. The molecule has 0 radical (unpaired) electrons. The van der Waals surface area contributed by atoms with Gasteiger partial charge in [0.25, 0.3) is 0 Å². The minimum absolute atomic E-state index is 0.654. The molecule has 3 rings (SSSR count). The highest BCUT2D eigenvalue weighted by atomic mass is 35.5. The summed E-state index contributed by atoms with van der Waals surface area (Å²) in [4.78, 5) is 10.8. The Labute approximate surface area is 107 Å². The molecule has 2 heterocycles. The minimum atomic E-state index is 0.654. The smallest absolute Gasteiger partial charge is 0.150 e. The average molecular weight is 262 g/mol. The molecule has 0 aliphatic rings. The zero-order valence-corrected chi connectivity index (χ0v) is 10.3. The molecule has 0 amide bonds. The Kier molecular flexibility index (Phi) is 2.50. The highest BCUT2D eigenvalue weighted by Crippen LogP contribution is 2.29. The predicted octanol–water partition coefficient (Wildman–Crippen LogP) is 4.16. The van der Waals surface area contributed by atoms with Crippen LogP contribution in [-0.4, -0.2) is 10.9 Å². The molecule has 0 fully saturated rings. The summed E-state index contributed by atoms with van der Waals surface area (Å²) in [7, 11) is 0. The number of hydrogen-bond acceptors (Lipinski definition) is 2. The quantitative estimate of drug-likeness (QED) is 0.635. The Morgan fingerprint density at radius 3 is 2.82 bits per heavy atom. The number of benzene rings is 1. The number of carbonyl (C=O) groups excluding carboxylic acids is 1. The fourth-order valence-corrected chi connectivity index (χ4v) is 2.83. The van der Waals surface area contributed by atoms with Gasteiger partial charge in [0.05, 0.1) is 11.2 Å². The van der Waals surface area contributed by atoms with Gasteiger partial charge in [-0.3, -0.25) is 9.36 Å². The fourth-order valence-electron chi connectivity index (χ4n) is 1.90. The zero-order valence-electron chi connectivity index (χ0n) is 8.76. The van der Waals surface area contributed by atoms with Crippen molar-refractivity contribution in [2.24, 2.45) is 0 Å². The molecule has 17 heavy (non-hydrogen) atoms. The van der Waals surface area contributed by atoms with E-state index < -0.39 is 0 Å². The van der Waals surface area contributed by atoms with E-state index in [1.807, 2.05) is 39.6 Å². The lowest BCUT2D eigenvalue weighted by molar-refractivity contribution is 0.112. The van der Waals surface area contributed by atoms with E-state index in [4.69, 9.17) is 11.6 Å². The molecule has 1 aromatic carbocycles. The van der Waals surface area contributed by atoms with Crippen molar-refractivity contribution < 1.29 is 4.79 Å². The fraction of sp³-hybridized carbons (Fsp3) is 0. The van der Waals surface area contributed by atoms with Gasteiger partial charge >= 0.3 is 0 Å². The van der Waals surface area contributed by atoms with Gasteiger partial charge in [0, 0.05) is 16.3 Å². The van der Waals surface area contributed by atoms with Crippen molar-refractivity contribution in [2.75, 3.05) is 0 Å². The maximum Gasteiger partial charge on any atom is 0.150 e. The van der Waals surface area contributed by atoms with Crippen molar-refractivity contribution in [3.05, 3.63) is 51.8 Å². The second-order valence-corrected chi connectivity index (χ2v) is 4.89. The van der Waals surface area contributed by atoms with Crippen LogP contribution in [0.15, 0.2) is 41.1 Å². The molecule has 0 bridgehead atoms. The highest BCUT2D eigenvalue weighted by Gasteiger charge is 2.09. The van der Waals surface area contributed by atoms with Crippen LogP contribution in [-0.2, 0) is 0 Å². The number of halogens is 1. The van der Waals surface area contributed by atoms with Crippen molar-refractivity contribution >= 4 is 40.1 Å². The maximum absolute atomic E-state index is 10.8. The number of rotatable bonds is 2. The number of hydrogen-bond donors (Lipinski definition) is 0. The van der Waals surface area contributed by atoms with Gasteiger partial charge in [-0.15, -0.1) is 0 Å². The zero-order chi connectivity index (χ0) is 11.8. The highest BCUT2D eigenvalue weighted by molar-refractivity contribution is 7.08. The molecule has 0 unspecified atom stereocenters. The van der Waals surface area contributed by atoms with Crippen LogP contribution in [0.3, 0.4) is 0 Å². The SMILES string of the molecule is O=Cc1ccc2cc(Cl)n(-c3ccsc3)c2c1. The summed E-state index contributed by atoms with van der Waals surface area (Å²) >= 11 is 7.85. The van der Waals surface area contributed by atoms with E-state index in [0.29, 0.717) is 10.7 Å². The predicted molar refractivity (Wildman–Crippen MR) is 71.5 cm³/mol. The molecule has 4 heteroatoms. The molecule has 84 valence electrons. The van der Waals surface area contributed by atoms with Crippen LogP contribution in [0.4, 0.5) is 0 Å². The van der Waals surface area contributed by atoms with Crippen LogP contribution in [0, 0.1) is 0 Å². The van der Waals surface area contributed by atoms with E-state index in [-0.39, 0.29) is 0 Å². The average Bonchev–Trinajstić information content (AvgIpc) is 2.93. The topological polar surface area (TPSA) is 22.0 Å². The van der Waals surface area contributed by atoms with E-state index in [2.05, 4.69) is 0 Å². The van der Waals surface area contributed by atoms with E-state index in [0.717, 1.165) is 22.9 Å². The van der Waals surface area contributed by atoms with Gasteiger partial charge in [0.1, 0.15) is 11.4 Å². The van der Waals surface area contributed by atoms with E-state index in [1.54, 1.807) is 17.4 Å². The van der Waals surface area contributed by atoms with Crippen LogP contribution < -0.4 is 0 Å². The molecule has 0 N–H and O–H groups in total. The van der Waals surface area contributed by atoms with Gasteiger partial charge in [-0.2, -0.15) is 11.3 Å². The van der Waals surface area contributed by atoms with Gasteiger partial charge in [0.15, 0.2) is 0 Å². The Balaban J connectivity index is 2.36. The van der Waals surface area contributed by atoms with E-state index >= 15 is 0 Å². The van der Waals surface area contributed by atoms with Crippen LogP contribution in [0.1, 0.15) is 10.4 Å². The molecule has 2 aromatic heterocycles. The van der Waals surface area contributed by atoms with Crippen LogP contribution >= 0.6 is 22.9 Å². The first-order valence-corrected chi connectivity index (χ1v) is 6.40. The summed E-state index contributed by atoms with van der Waals surface area (Å²) in [6.07, 6.45) is 0.846. The first kappa shape index (κ1) is 10.6. The van der Waals surface area contributed by atoms with Gasteiger partial charge in [-0.25, -0.2) is 0 Å². The third-order valence-electron chi connectivity index (χ3n) is 2.68. The van der Waals surface area contributed by atoms with Gasteiger partial charge in [-0.05, 0) is 23.6 Å². The molecular formula is C13H8ClNOS. The van der Waals surface area contributed by atoms with Crippen molar-refractivity contribution in [2.45, 2.75) is 0 Å². The third-order valence-corrected chi connectivity index (χ3v) is 3.63. The van der Waals surface area contributed by atoms with Gasteiger partial charge < -0.3 is 0 Å². The molecule has 0 spiro atoms. The summed E-state index contributed by atoms with van der Waals surface area (Å²) in [5.74, 6) is 0. The first-order chi connectivity index (χ1) is 8.29. The molecule has 0 saturated heterocycles. The number of carbonyl (C=O) groups is 1. The van der Waals surface area contributed by atoms with Gasteiger partial charge in [-0.1, -0.05) is 23.7 Å². The molecule has 0 aliphatic heterocycles. The lowest BCUT2D eigenvalue weighted by atomic mass is 10.2. The number of aldehydes is 1. The summed E-state index contributed by atoms with van der Waals surface area (Å²) in [6.45, 7) is 0. The van der Waals surface area contributed by atoms with Crippen molar-refractivity contribution in [1.82, 2.24) is 4.57 Å². The van der Waals surface area contributed by atoms with Crippen LogP contribution in [0.2, 0.25) is 5.15 Å². The lowest BCUT2D eigenvalue weighted by Gasteiger charge is -2.04. The number of fused-ring (bicyclic) bond motifs is 1. The summed E-state index contributed by atoms with van der Waals surface area (Å²) in [5, 5.41) is 5.72. The standard InChI is InChI=1S/C13H8ClNOS/c14-13-6-10-2-1-9(7-16)5-12(10)15(13)11-3-4-17-8-11/h1-8H. The van der Waals surface area contributed by atoms with E-state index in [1.165, 1.54) is 0 Å². The van der Waals surface area contributed by atoms with Crippen LogP contribution in [0.5, 0.6) is 0 Å². The van der Waals surface area contributed by atoms with Crippen molar-refractivity contribution in [3.8, 4) is 5.69 Å². The van der Waals surface area contributed by atoms with Gasteiger partial charge in [0.2, 0.25) is 0 Å². The Morgan fingerprint density at radius 1 is 1.24 bits per heavy atom. The number of thiophene rings is 1. The number of nitrogens with zero attached hydrogens (tertiary/aromatic N) is 1. The molecule has 3 aromatic rings. The second kappa shape index (κ2) is 4.02. The Hall–Kier alpha value is -1.58. The Morgan fingerprint density at radius 2 is 2.12 bits per heavy atom. The first-order valence-electron chi connectivity index (χ1n) is 5.08. The maximum atomic E-state index is 10.8. The van der Waals surface area contributed by atoms with Crippen molar-refractivity contribution in [1.29, 1.82) is 0 Å². The molecule has 2 nitrogen and oxygen atoms in total.